The number of carbonyl (C=O) groups is 1. The molecule has 0 saturated heterocycles. The fourth-order valence-corrected chi connectivity index (χ4v) is 2.22. The number of likely N-dealkylation sites (N-methyl/N-ethyl adjacent to an activating group) is 1. The van der Waals surface area contributed by atoms with Crippen molar-refractivity contribution >= 4 is 11.6 Å². The Morgan fingerprint density at radius 2 is 1.76 bits per heavy atom. The van der Waals surface area contributed by atoms with E-state index in [-0.39, 0.29) is 0 Å². The normalized spacial score (nSPS) is 12.1. The Morgan fingerprint density at radius 1 is 1.12 bits per heavy atom. The summed E-state index contributed by atoms with van der Waals surface area (Å²) >= 11 is 0. The number of halogens is 3. The summed E-state index contributed by atoms with van der Waals surface area (Å²) in [5.74, 6) is -4.14. The van der Waals surface area contributed by atoms with Crippen molar-refractivity contribution in [2.75, 3.05) is 19.5 Å². The van der Waals surface area contributed by atoms with Gasteiger partial charge >= 0.3 is 0 Å². The number of methoxy groups -OCH3 is 1. The maximum atomic E-state index is 13.7. The average Bonchev–Trinajstić information content (AvgIpc) is 2.62. The molecule has 2 aromatic rings. The van der Waals surface area contributed by atoms with Gasteiger partial charge in [0, 0.05) is 6.54 Å². The highest BCUT2D eigenvalue weighted by atomic mass is 19.2. The van der Waals surface area contributed by atoms with Gasteiger partial charge in [0.05, 0.1) is 18.8 Å². The molecule has 0 aliphatic carbocycles. The van der Waals surface area contributed by atoms with E-state index in [1.807, 2.05) is 24.3 Å². The Kier molecular flexibility index (Phi) is 6.03. The molecule has 0 aliphatic heterocycles. The van der Waals surface area contributed by atoms with Crippen molar-refractivity contribution in [1.82, 2.24) is 4.90 Å². The zero-order valence-electron chi connectivity index (χ0n) is 14.1. The van der Waals surface area contributed by atoms with Crippen molar-refractivity contribution in [2.24, 2.45) is 0 Å². The minimum atomic E-state index is -1.61. The number of nitrogens with zero attached hydrogens (tertiary/aromatic N) is 1. The summed E-state index contributed by atoms with van der Waals surface area (Å²) in [5, 5.41) is 2.28. The SMILES string of the molecule is COc1ccc(CN(C)[C@H](C)C(=O)Nc2ccc(F)c(F)c2F)cc1. The van der Waals surface area contributed by atoms with Gasteiger partial charge in [0.2, 0.25) is 5.91 Å². The summed E-state index contributed by atoms with van der Waals surface area (Å²) in [4.78, 5) is 14.0. The van der Waals surface area contributed by atoms with E-state index in [0.717, 1.165) is 23.4 Å². The monoisotopic (exact) mass is 352 g/mol. The van der Waals surface area contributed by atoms with Crippen LogP contribution in [0.25, 0.3) is 0 Å². The van der Waals surface area contributed by atoms with Crippen LogP contribution in [0.4, 0.5) is 18.9 Å². The zero-order chi connectivity index (χ0) is 18.6. The first-order chi connectivity index (χ1) is 11.8. The number of hydrogen-bond acceptors (Lipinski definition) is 3. The van der Waals surface area contributed by atoms with Crippen LogP contribution in [0.2, 0.25) is 0 Å². The quantitative estimate of drug-likeness (QED) is 0.808. The van der Waals surface area contributed by atoms with Crippen LogP contribution < -0.4 is 10.1 Å². The third kappa shape index (κ3) is 4.51. The van der Waals surface area contributed by atoms with Gasteiger partial charge in [-0.05, 0) is 43.8 Å². The number of ether oxygens (including phenoxy) is 1. The van der Waals surface area contributed by atoms with Crippen LogP contribution in [0.5, 0.6) is 5.75 Å². The second kappa shape index (κ2) is 8.02. The number of amides is 1. The minimum Gasteiger partial charge on any atom is -0.497 e. The van der Waals surface area contributed by atoms with Crippen LogP contribution in [0, 0.1) is 17.5 Å². The van der Waals surface area contributed by atoms with Crippen molar-refractivity contribution in [3.8, 4) is 5.75 Å². The first-order valence-corrected chi connectivity index (χ1v) is 7.61. The molecule has 0 saturated carbocycles. The molecule has 0 spiro atoms. The van der Waals surface area contributed by atoms with E-state index in [1.54, 1.807) is 26.0 Å². The van der Waals surface area contributed by atoms with Gasteiger partial charge in [0.15, 0.2) is 17.5 Å². The lowest BCUT2D eigenvalue weighted by Crippen LogP contribution is -2.39. The van der Waals surface area contributed by atoms with Crippen molar-refractivity contribution in [3.63, 3.8) is 0 Å². The van der Waals surface area contributed by atoms with Gasteiger partial charge in [0.1, 0.15) is 5.75 Å². The van der Waals surface area contributed by atoms with Crippen LogP contribution in [-0.4, -0.2) is 31.0 Å². The Morgan fingerprint density at radius 3 is 2.36 bits per heavy atom. The standard InChI is InChI=1S/C18H19F3N2O2/c1-11(23(2)10-12-4-6-13(25-3)7-5-12)18(24)22-15-9-8-14(19)16(20)17(15)21/h4-9,11H,10H2,1-3H3,(H,22,24)/t11-/m1/s1. The molecule has 1 N–H and O–H groups in total. The van der Waals surface area contributed by atoms with Gasteiger partial charge < -0.3 is 10.1 Å². The number of rotatable bonds is 6. The molecule has 0 heterocycles. The molecule has 25 heavy (non-hydrogen) atoms. The van der Waals surface area contributed by atoms with Crippen LogP contribution >= 0.6 is 0 Å². The summed E-state index contributed by atoms with van der Waals surface area (Å²) in [5.41, 5.74) is 0.565. The second-order valence-electron chi connectivity index (χ2n) is 5.65. The van der Waals surface area contributed by atoms with E-state index in [9.17, 15) is 18.0 Å². The van der Waals surface area contributed by atoms with Gasteiger partial charge in [-0.3, -0.25) is 9.69 Å². The molecule has 7 heteroatoms. The number of carbonyl (C=O) groups excluding carboxylic acids is 1. The summed E-state index contributed by atoms with van der Waals surface area (Å²) in [7, 11) is 3.31. The predicted octanol–water partition coefficient (Wildman–Crippen LogP) is 3.57. The molecule has 0 fully saturated rings. The maximum absolute atomic E-state index is 13.7. The van der Waals surface area contributed by atoms with Crippen LogP contribution in [0.1, 0.15) is 12.5 Å². The molecule has 0 radical (unpaired) electrons. The van der Waals surface area contributed by atoms with E-state index in [0.29, 0.717) is 6.54 Å². The topological polar surface area (TPSA) is 41.6 Å². The lowest BCUT2D eigenvalue weighted by atomic mass is 10.1. The maximum Gasteiger partial charge on any atom is 0.241 e. The third-order valence-corrected chi connectivity index (χ3v) is 3.92. The van der Waals surface area contributed by atoms with Crippen LogP contribution in [-0.2, 0) is 11.3 Å². The number of anilines is 1. The predicted molar refractivity (Wildman–Crippen MR) is 88.9 cm³/mol. The van der Waals surface area contributed by atoms with Gasteiger partial charge in [-0.2, -0.15) is 0 Å². The van der Waals surface area contributed by atoms with E-state index < -0.39 is 35.1 Å². The van der Waals surface area contributed by atoms with Gasteiger partial charge in [-0.1, -0.05) is 12.1 Å². The largest absolute Gasteiger partial charge is 0.497 e. The molecule has 0 unspecified atom stereocenters. The Hall–Kier alpha value is -2.54. The Balaban J connectivity index is 2.02. The van der Waals surface area contributed by atoms with Gasteiger partial charge in [0.25, 0.3) is 0 Å². The van der Waals surface area contributed by atoms with E-state index >= 15 is 0 Å². The smallest absolute Gasteiger partial charge is 0.241 e. The van der Waals surface area contributed by atoms with Crippen LogP contribution in [0.15, 0.2) is 36.4 Å². The summed E-state index contributed by atoms with van der Waals surface area (Å²) < 4.78 is 44.9. The van der Waals surface area contributed by atoms with Crippen molar-refractivity contribution in [3.05, 3.63) is 59.4 Å². The first kappa shape index (κ1) is 18.8. The highest BCUT2D eigenvalue weighted by Gasteiger charge is 2.21. The fraction of sp³-hybridized carbons (Fsp3) is 0.278. The summed E-state index contributed by atoms with van der Waals surface area (Å²) in [6, 6.07) is 8.50. The fourth-order valence-electron chi connectivity index (χ4n) is 2.22. The zero-order valence-corrected chi connectivity index (χ0v) is 14.1. The summed E-state index contributed by atoms with van der Waals surface area (Å²) in [6.07, 6.45) is 0. The number of nitrogens with one attached hydrogen (secondary N) is 1. The number of hydrogen-bond donors (Lipinski definition) is 1. The first-order valence-electron chi connectivity index (χ1n) is 7.61. The Bertz CT molecular complexity index is 751. The molecule has 1 atom stereocenters. The number of benzene rings is 2. The third-order valence-electron chi connectivity index (χ3n) is 3.92. The molecule has 4 nitrogen and oxygen atoms in total. The molecular weight excluding hydrogens is 333 g/mol. The van der Waals surface area contributed by atoms with Gasteiger partial charge in [-0.25, -0.2) is 13.2 Å². The molecule has 1 amide bonds. The van der Waals surface area contributed by atoms with Crippen molar-refractivity contribution in [2.45, 2.75) is 19.5 Å². The van der Waals surface area contributed by atoms with Crippen molar-refractivity contribution < 1.29 is 22.7 Å². The second-order valence-corrected chi connectivity index (χ2v) is 5.65. The van der Waals surface area contributed by atoms with E-state index in [2.05, 4.69) is 5.32 Å². The van der Waals surface area contributed by atoms with Crippen LogP contribution in [0.3, 0.4) is 0 Å². The lowest BCUT2D eigenvalue weighted by Gasteiger charge is -2.24. The van der Waals surface area contributed by atoms with Gasteiger partial charge in [-0.15, -0.1) is 0 Å². The lowest BCUT2D eigenvalue weighted by molar-refractivity contribution is -0.120. The van der Waals surface area contributed by atoms with E-state index in [4.69, 9.17) is 4.74 Å². The van der Waals surface area contributed by atoms with E-state index in [1.165, 1.54) is 0 Å². The highest BCUT2D eigenvalue weighted by molar-refractivity contribution is 5.94. The molecular formula is C18H19F3N2O2. The average molecular weight is 352 g/mol. The van der Waals surface area contributed by atoms with Crippen molar-refractivity contribution in [1.29, 1.82) is 0 Å². The molecule has 2 rings (SSSR count). The molecule has 134 valence electrons. The molecule has 0 bridgehead atoms. The minimum absolute atomic E-state index is 0.395. The molecule has 0 aromatic heterocycles. The molecule has 2 aromatic carbocycles. The molecule has 0 aliphatic rings. The highest BCUT2D eigenvalue weighted by Crippen LogP contribution is 2.20. The Labute approximate surface area is 144 Å². The summed E-state index contributed by atoms with van der Waals surface area (Å²) in [6.45, 7) is 2.11.